The zero-order valence-corrected chi connectivity index (χ0v) is 12.4. The van der Waals surface area contributed by atoms with Gasteiger partial charge < -0.3 is 10.7 Å². The van der Waals surface area contributed by atoms with E-state index < -0.39 is 5.91 Å². The van der Waals surface area contributed by atoms with E-state index in [-0.39, 0.29) is 5.57 Å². The second kappa shape index (κ2) is 6.82. The number of amides is 1. The zero-order chi connectivity index (χ0) is 15.2. The van der Waals surface area contributed by atoms with E-state index in [2.05, 4.69) is 4.98 Å². The van der Waals surface area contributed by atoms with Gasteiger partial charge in [-0.05, 0) is 23.4 Å². The topological polar surface area (TPSA) is 82.7 Å². The van der Waals surface area contributed by atoms with E-state index in [1.165, 1.54) is 11.8 Å². The maximum Gasteiger partial charge on any atom is 0.260 e. The Morgan fingerprint density at radius 2 is 2.00 bits per heavy atom. The minimum atomic E-state index is -0.704. The summed E-state index contributed by atoms with van der Waals surface area (Å²) in [5.74, 6) is 0.0392. The molecule has 0 aliphatic carbocycles. The van der Waals surface area contributed by atoms with Crippen LogP contribution in [0.1, 0.15) is 12.6 Å². The molecule has 0 unspecified atom stereocenters. The van der Waals surface area contributed by atoms with Crippen molar-refractivity contribution in [3.8, 4) is 17.3 Å². The molecule has 0 radical (unpaired) electrons. The first-order valence-electron chi connectivity index (χ1n) is 6.49. The van der Waals surface area contributed by atoms with Crippen molar-refractivity contribution < 1.29 is 4.79 Å². The number of aromatic nitrogens is 1. The maximum atomic E-state index is 11.4. The molecule has 2 aromatic rings. The molecule has 1 aromatic heterocycles. The van der Waals surface area contributed by atoms with E-state index in [4.69, 9.17) is 11.0 Å². The number of carbonyl (C=O) groups is 1. The van der Waals surface area contributed by atoms with Crippen molar-refractivity contribution in [1.29, 1.82) is 5.26 Å². The van der Waals surface area contributed by atoms with Gasteiger partial charge in [0.2, 0.25) is 0 Å². The largest absolute Gasteiger partial charge is 0.365 e. The van der Waals surface area contributed by atoms with Gasteiger partial charge in [0.25, 0.3) is 5.91 Å². The maximum absolute atomic E-state index is 11.4. The molecular formula is C16H15N3OS. The summed E-state index contributed by atoms with van der Waals surface area (Å²) in [4.78, 5) is 15.3. The Labute approximate surface area is 127 Å². The van der Waals surface area contributed by atoms with Crippen molar-refractivity contribution in [2.45, 2.75) is 6.92 Å². The van der Waals surface area contributed by atoms with Crippen LogP contribution in [0.5, 0.6) is 0 Å². The second-order valence-corrected chi connectivity index (χ2v) is 5.54. The van der Waals surface area contributed by atoms with Crippen molar-refractivity contribution >= 4 is 22.6 Å². The van der Waals surface area contributed by atoms with Crippen LogP contribution >= 0.6 is 11.8 Å². The Hall–Kier alpha value is -2.45. The Morgan fingerprint density at radius 3 is 2.57 bits per heavy atom. The first kappa shape index (κ1) is 14.9. The summed E-state index contributed by atoms with van der Waals surface area (Å²) in [6.07, 6.45) is 0. The molecule has 0 saturated heterocycles. The lowest BCUT2D eigenvalue weighted by Gasteiger charge is -2.05. The SMILES string of the molecule is CCS/C(=C(/C#N)C(N)=O)c1ccc(-c2ccccc2)[nH]1. The highest BCUT2D eigenvalue weighted by atomic mass is 32.2. The van der Waals surface area contributed by atoms with Gasteiger partial charge in [0.15, 0.2) is 0 Å². The standard InChI is InChI=1S/C16H15N3OS/c1-2-21-15(12(10-17)16(18)20)14-9-8-13(19-14)11-6-4-3-5-7-11/h3-9,19H,2H2,1H3,(H2,18,20)/b15-12-. The van der Waals surface area contributed by atoms with Crippen LogP contribution in [-0.2, 0) is 4.79 Å². The van der Waals surface area contributed by atoms with Crippen LogP contribution < -0.4 is 5.73 Å². The number of aromatic amines is 1. The third-order valence-corrected chi connectivity index (χ3v) is 3.89. The van der Waals surface area contributed by atoms with Gasteiger partial charge in [-0.3, -0.25) is 4.79 Å². The summed E-state index contributed by atoms with van der Waals surface area (Å²) < 4.78 is 0. The fourth-order valence-electron chi connectivity index (χ4n) is 1.96. The monoisotopic (exact) mass is 297 g/mol. The van der Waals surface area contributed by atoms with Crippen LogP contribution in [0.4, 0.5) is 0 Å². The fraction of sp³-hybridized carbons (Fsp3) is 0.125. The van der Waals surface area contributed by atoms with Crippen LogP contribution in [-0.4, -0.2) is 16.6 Å². The third kappa shape index (κ3) is 3.36. The molecule has 4 nitrogen and oxygen atoms in total. The molecule has 0 spiro atoms. The van der Waals surface area contributed by atoms with Crippen LogP contribution in [0.2, 0.25) is 0 Å². The smallest absolute Gasteiger partial charge is 0.260 e. The van der Waals surface area contributed by atoms with Crippen molar-refractivity contribution in [2.24, 2.45) is 5.73 Å². The van der Waals surface area contributed by atoms with Crippen LogP contribution in [0.25, 0.3) is 16.2 Å². The van der Waals surface area contributed by atoms with Crippen molar-refractivity contribution in [3.63, 3.8) is 0 Å². The van der Waals surface area contributed by atoms with Gasteiger partial charge in [-0.1, -0.05) is 37.3 Å². The number of nitrogens with zero attached hydrogens (tertiary/aromatic N) is 1. The minimum absolute atomic E-state index is 0.0108. The molecule has 0 atom stereocenters. The lowest BCUT2D eigenvalue weighted by Crippen LogP contribution is -2.14. The molecule has 0 bridgehead atoms. The molecule has 1 aromatic carbocycles. The van der Waals surface area contributed by atoms with Gasteiger partial charge in [0.05, 0.1) is 10.6 Å². The van der Waals surface area contributed by atoms with E-state index in [1.807, 2.05) is 55.5 Å². The molecule has 0 aliphatic heterocycles. The Balaban J connectivity index is 2.47. The van der Waals surface area contributed by atoms with Gasteiger partial charge in [-0.15, -0.1) is 11.8 Å². The quantitative estimate of drug-likeness (QED) is 0.657. The van der Waals surface area contributed by atoms with Crippen molar-refractivity contribution in [2.75, 3.05) is 5.75 Å². The summed E-state index contributed by atoms with van der Waals surface area (Å²) in [5.41, 5.74) is 7.98. The highest BCUT2D eigenvalue weighted by Crippen LogP contribution is 2.31. The van der Waals surface area contributed by atoms with Gasteiger partial charge >= 0.3 is 0 Å². The molecule has 3 N–H and O–H groups in total. The second-order valence-electron chi connectivity index (χ2n) is 4.26. The minimum Gasteiger partial charge on any atom is -0.365 e. The molecule has 0 aliphatic rings. The molecule has 2 rings (SSSR count). The van der Waals surface area contributed by atoms with Gasteiger partial charge in [0.1, 0.15) is 11.6 Å². The first-order valence-corrected chi connectivity index (χ1v) is 7.47. The molecule has 21 heavy (non-hydrogen) atoms. The summed E-state index contributed by atoms with van der Waals surface area (Å²) in [6, 6.07) is 15.5. The van der Waals surface area contributed by atoms with Crippen LogP contribution in [0, 0.1) is 11.3 Å². The molecule has 1 heterocycles. The summed E-state index contributed by atoms with van der Waals surface area (Å²) >= 11 is 1.42. The molecule has 1 amide bonds. The molecule has 5 heteroatoms. The van der Waals surface area contributed by atoms with E-state index in [0.717, 1.165) is 22.7 Å². The number of carbonyl (C=O) groups excluding carboxylic acids is 1. The Kier molecular flexibility index (Phi) is 4.85. The van der Waals surface area contributed by atoms with E-state index in [0.29, 0.717) is 4.91 Å². The zero-order valence-electron chi connectivity index (χ0n) is 11.6. The summed E-state index contributed by atoms with van der Waals surface area (Å²) in [6.45, 7) is 1.96. The van der Waals surface area contributed by atoms with Crippen molar-refractivity contribution in [1.82, 2.24) is 4.98 Å². The number of H-pyrrole nitrogens is 1. The van der Waals surface area contributed by atoms with E-state index in [9.17, 15) is 4.79 Å². The lowest BCUT2D eigenvalue weighted by atomic mass is 10.2. The third-order valence-electron chi connectivity index (χ3n) is 2.89. The Morgan fingerprint density at radius 1 is 1.29 bits per heavy atom. The van der Waals surface area contributed by atoms with E-state index in [1.54, 1.807) is 0 Å². The number of thioether (sulfide) groups is 1. The number of hydrogen-bond donors (Lipinski definition) is 2. The predicted octanol–water partition coefficient (Wildman–Crippen LogP) is 3.15. The summed E-state index contributed by atoms with van der Waals surface area (Å²) in [5, 5.41) is 9.14. The molecule has 0 saturated carbocycles. The van der Waals surface area contributed by atoms with E-state index >= 15 is 0 Å². The molecule has 0 fully saturated rings. The van der Waals surface area contributed by atoms with Gasteiger partial charge in [-0.2, -0.15) is 5.26 Å². The number of rotatable bonds is 5. The normalized spacial score (nSPS) is 11.6. The number of primary amides is 1. The number of nitriles is 1. The Bertz CT molecular complexity index is 711. The summed E-state index contributed by atoms with van der Waals surface area (Å²) in [7, 11) is 0. The highest BCUT2D eigenvalue weighted by molar-refractivity contribution is 8.08. The average Bonchev–Trinajstić information content (AvgIpc) is 2.97. The van der Waals surface area contributed by atoms with Crippen LogP contribution in [0.15, 0.2) is 48.0 Å². The van der Waals surface area contributed by atoms with Gasteiger partial charge in [0, 0.05) is 5.69 Å². The number of benzene rings is 1. The van der Waals surface area contributed by atoms with Crippen molar-refractivity contribution in [3.05, 3.63) is 53.7 Å². The number of nitrogens with two attached hydrogens (primary N) is 1. The average molecular weight is 297 g/mol. The number of hydrogen-bond acceptors (Lipinski definition) is 3. The molecular weight excluding hydrogens is 282 g/mol. The predicted molar refractivity (Wildman–Crippen MR) is 86.1 cm³/mol. The van der Waals surface area contributed by atoms with Crippen LogP contribution in [0.3, 0.4) is 0 Å². The fourth-order valence-corrected chi connectivity index (χ4v) is 2.81. The first-order chi connectivity index (χ1) is 10.2. The lowest BCUT2D eigenvalue weighted by molar-refractivity contribution is -0.114. The molecule has 106 valence electrons. The van der Waals surface area contributed by atoms with Gasteiger partial charge in [-0.25, -0.2) is 0 Å². The highest BCUT2D eigenvalue weighted by Gasteiger charge is 2.16. The number of nitrogens with one attached hydrogen (secondary N) is 1.